The number of nitrogens with zero attached hydrogens (tertiary/aromatic N) is 3. The molecule has 152 valence electrons. The molecule has 1 N–H and O–H groups in total. The first-order valence-corrected chi connectivity index (χ1v) is 9.06. The minimum atomic E-state index is -4.89. The molecule has 0 aliphatic rings. The summed E-state index contributed by atoms with van der Waals surface area (Å²) in [7, 11) is 0. The minimum Gasteiger partial charge on any atom is -0.478 e. The molecule has 1 aromatic carbocycles. The fourth-order valence-corrected chi connectivity index (χ4v) is 3.02. The number of carbonyl (C=O) groups is 1. The van der Waals surface area contributed by atoms with Gasteiger partial charge in [0.05, 0.1) is 11.9 Å². The summed E-state index contributed by atoms with van der Waals surface area (Å²) in [6.07, 6.45) is -4.21. The van der Waals surface area contributed by atoms with Crippen LogP contribution in [0, 0.1) is 5.92 Å². The number of aromatic nitrogens is 3. The Bertz CT molecular complexity index is 1040. The Morgan fingerprint density at radius 1 is 1.10 bits per heavy atom. The van der Waals surface area contributed by atoms with Crippen LogP contribution >= 0.6 is 0 Å². The summed E-state index contributed by atoms with van der Waals surface area (Å²) in [6, 6.07) is 12.3. The quantitative estimate of drug-likeness (QED) is 0.618. The molecule has 0 aliphatic heterocycles. The number of halogens is 3. The molecule has 1 atom stereocenters. The maximum atomic E-state index is 13.5. The molecular weight excluding hydrogens is 383 g/mol. The first-order chi connectivity index (χ1) is 13.6. The van der Waals surface area contributed by atoms with Gasteiger partial charge in [0.15, 0.2) is 11.5 Å². The van der Waals surface area contributed by atoms with Gasteiger partial charge in [-0.2, -0.15) is 18.3 Å². The van der Waals surface area contributed by atoms with Gasteiger partial charge in [0.25, 0.3) is 0 Å². The predicted octanol–water partition coefficient (Wildman–Crippen LogP) is 5.41. The lowest BCUT2D eigenvalue weighted by molar-refractivity contribution is -0.143. The van der Waals surface area contributed by atoms with Crippen molar-refractivity contribution < 1.29 is 23.1 Å². The van der Waals surface area contributed by atoms with Crippen molar-refractivity contribution in [2.24, 2.45) is 5.92 Å². The van der Waals surface area contributed by atoms with Crippen LogP contribution in [0.25, 0.3) is 17.1 Å². The second-order valence-corrected chi connectivity index (χ2v) is 7.16. The SMILES string of the molecule is CC(C)C(C)c1cccc(-c2cccc(-n3ncc(C(=O)O)c3C(F)(F)F)n2)c1. The van der Waals surface area contributed by atoms with Crippen molar-refractivity contribution in [1.82, 2.24) is 14.8 Å². The topological polar surface area (TPSA) is 68.0 Å². The number of pyridine rings is 1. The minimum absolute atomic E-state index is 0.107. The van der Waals surface area contributed by atoms with Crippen LogP contribution in [0.5, 0.6) is 0 Å². The summed E-state index contributed by atoms with van der Waals surface area (Å²) in [5, 5.41) is 12.7. The molecule has 0 bridgehead atoms. The van der Waals surface area contributed by atoms with Gasteiger partial charge in [-0.05, 0) is 35.6 Å². The highest BCUT2D eigenvalue weighted by molar-refractivity contribution is 5.89. The molecule has 2 heterocycles. The summed E-state index contributed by atoms with van der Waals surface area (Å²) in [6.45, 7) is 6.35. The molecule has 5 nitrogen and oxygen atoms in total. The Hall–Kier alpha value is -3.16. The molecule has 0 amide bonds. The Labute approximate surface area is 165 Å². The van der Waals surface area contributed by atoms with Gasteiger partial charge in [-0.3, -0.25) is 0 Å². The van der Waals surface area contributed by atoms with Crippen LogP contribution in [0.1, 0.15) is 48.3 Å². The van der Waals surface area contributed by atoms with Gasteiger partial charge >= 0.3 is 12.1 Å². The molecule has 0 fully saturated rings. The van der Waals surface area contributed by atoms with Crippen LogP contribution < -0.4 is 0 Å². The van der Waals surface area contributed by atoms with Gasteiger partial charge in [0, 0.05) is 5.56 Å². The summed E-state index contributed by atoms with van der Waals surface area (Å²) in [5.74, 6) is -1.07. The van der Waals surface area contributed by atoms with Crippen molar-refractivity contribution in [3.8, 4) is 17.1 Å². The van der Waals surface area contributed by atoms with E-state index in [1.54, 1.807) is 12.1 Å². The van der Waals surface area contributed by atoms with E-state index >= 15 is 0 Å². The van der Waals surface area contributed by atoms with E-state index in [9.17, 15) is 18.0 Å². The highest BCUT2D eigenvalue weighted by Gasteiger charge is 2.41. The van der Waals surface area contributed by atoms with Crippen LogP contribution in [0.2, 0.25) is 0 Å². The lowest BCUT2D eigenvalue weighted by Crippen LogP contribution is -2.18. The van der Waals surface area contributed by atoms with Crippen molar-refractivity contribution in [3.63, 3.8) is 0 Å². The zero-order valence-electron chi connectivity index (χ0n) is 16.1. The van der Waals surface area contributed by atoms with E-state index in [1.165, 1.54) is 6.07 Å². The lowest BCUT2D eigenvalue weighted by atomic mass is 9.89. The molecule has 3 rings (SSSR count). The van der Waals surface area contributed by atoms with Crippen LogP contribution in [-0.4, -0.2) is 25.8 Å². The largest absolute Gasteiger partial charge is 0.478 e. The average Bonchev–Trinajstić information content (AvgIpc) is 3.13. The van der Waals surface area contributed by atoms with E-state index in [0.717, 1.165) is 11.1 Å². The second-order valence-electron chi connectivity index (χ2n) is 7.16. The van der Waals surface area contributed by atoms with E-state index in [2.05, 4.69) is 30.9 Å². The Balaban J connectivity index is 2.09. The van der Waals surface area contributed by atoms with E-state index in [1.807, 2.05) is 24.3 Å². The van der Waals surface area contributed by atoms with Crippen molar-refractivity contribution in [2.45, 2.75) is 32.9 Å². The van der Waals surface area contributed by atoms with Crippen LogP contribution in [0.3, 0.4) is 0 Å². The number of alkyl halides is 3. The second kappa shape index (κ2) is 7.69. The third-order valence-corrected chi connectivity index (χ3v) is 4.93. The number of carboxylic acids is 1. The monoisotopic (exact) mass is 403 g/mol. The molecule has 29 heavy (non-hydrogen) atoms. The van der Waals surface area contributed by atoms with Crippen molar-refractivity contribution in [3.05, 3.63) is 65.5 Å². The molecule has 2 aromatic heterocycles. The van der Waals surface area contributed by atoms with E-state index in [4.69, 9.17) is 5.11 Å². The van der Waals surface area contributed by atoms with Gasteiger partial charge in [0.1, 0.15) is 5.56 Å². The van der Waals surface area contributed by atoms with E-state index in [0.29, 0.717) is 28.4 Å². The molecule has 0 spiro atoms. The number of rotatable bonds is 5. The molecule has 0 saturated carbocycles. The molecule has 8 heteroatoms. The van der Waals surface area contributed by atoms with Gasteiger partial charge in [-0.15, -0.1) is 0 Å². The number of carboxylic acid groups (broad SMARTS) is 1. The number of hydrogen-bond acceptors (Lipinski definition) is 3. The van der Waals surface area contributed by atoms with Gasteiger partial charge in [-0.1, -0.05) is 45.0 Å². The number of benzene rings is 1. The number of hydrogen-bond donors (Lipinski definition) is 1. The normalized spacial score (nSPS) is 12.9. The molecule has 1 unspecified atom stereocenters. The third kappa shape index (κ3) is 4.16. The summed E-state index contributed by atoms with van der Waals surface area (Å²) >= 11 is 0. The maximum Gasteiger partial charge on any atom is 0.434 e. The van der Waals surface area contributed by atoms with Crippen LogP contribution in [-0.2, 0) is 6.18 Å². The fraction of sp³-hybridized carbons (Fsp3) is 0.286. The van der Waals surface area contributed by atoms with E-state index in [-0.39, 0.29) is 5.82 Å². The zero-order chi connectivity index (χ0) is 21.3. The number of aromatic carboxylic acids is 1. The predicted molar refractivity (Wildman–Crippen MR) is 102 cm³/mol. The van der Waals surface area contributed by atoms with Gasteiger partial charge < -0.3 is 5.11 Å². The standard InChI is InChI=1S/C21H20F3N3O2/c1-12(2)13(3)14-6-4-7-15(10-14)17-8-5-9-18(26-17)27-19(21(22,23)24)16(11-25-27)20(28)29/h4-13H,1-3H3,(H,28,29). The first-order valence-electron chi connectivity index (χ1n) is 9.06. The maximum absolute atomic E-state index is 13.5. The molecule has 0 saturated heterocycles. The lowest BCUT2D eigenvalue weighted by Gasteiger charge is -2.17. The highest BCUT2D eigenvalue weighted by Crippen LogP contribution is 2.34. The van der Waals surface area contributed by atoms with Crippen LogP contribution in [0.15, 0.2) is 48.7 Å². The van der Waals surface area contributed by atoms with Crippen LogP contribution in [0.4, 0.5) is 13.2 Å². The Kier molecular flexibility index (Phi) is 5.46. The average molecular weight is 403 g/mol. The van der Waals surface area contributed by atoms with Crippen molar-refractivity contribution in [1.29, 1.82) is 0 Å². The molecule has 0 aliphatic carbocycles. The molecular formula is C21H20F3N3O2. The smallest absolute Gasteiger partial charge is 0.434 e. The molecule has 3 aromatic rings. The Morgan fingerprint density at radius 3 is 2.41 bits per heavy atom. The molecule has 0 radical (unpaired) electrons. The zero-order valence-corrected chi connectivity index (χ0v) is 16.1. The summed E-state index contributed by atoms with van der Waals surface area (Å²) < 4.78 is 41.0. The van der Waals surface area contributed by atoms with Gasteiger partial charge in [-0.25, -0.2) is 14.5 Å². The first kappa shape index (κ1) is 20.6. The van der Waals surface area contributed by atoms with Crippen molar-refractivity contribution >= 4 is 5.97 Å². The van der Waals surface area contributed by atoms with Crippen molar-refractivity contribution in [2.75, 3.05) is 0 Å². The van der Waals surface area contributed by atoms with Gasteiger partial charge in [0.2, 0.25) is 0 Å². The summed E-state index contributed by atoms with van der Waals surface area (Å²) in [4.78, 5) is 15.5. The van der Waals surface area contributed by atoms with E-state index < -0.39 is 23.4 Å². The Morgan fingerprint density at radius 2 is 1.79 bits per heavy atom. The third-order valence-electron chi connectivity index (χ3n) is 4.93. The fourth-order valence-electron chi connectivity index (χ4n) is 3.02. The summed E-state index contributed by atoms with van der Waals surface area (Å²) in [5.41, 5.74) is 0.0547. The highest BCUT2D eigenvalue weighted by atomic mass is 19.4.